The topological polar surface area (TPSA) is 98.0 Å². The fraction of sp³-hybridized carbons (Fsp3) is 0.850. The van der Waals surface area contributed by atoms with Crippen LogP contribution in [0.1, 0.15) is 77.6 Å². The van der Waals surface area contributed by atoms with E-state index in [1.54, 1.807) is 6.08 Å². The molecule has 146 valence electrons. The number of unbranched alkanes of at least 4 members (excludes halogenated alkanes) is 5. The van der Waals surface area contributed by atoms with E-state index in [1.165, 1.54) is 0 Å². The van der Waals surface area contributed by atoms with Crippen LogP contribution in [0.15, 0.2) is 12.2 Å². The first kappa shape index (κ1) is 22.1. The minimum atomic E-state index is -0.753. The third-order valence-corrected chi connectivity index (χ3v) is 5.25. The van der Waals surface area contributed by atoms with Gasteiger partial charge in [0.25, 0.3) is 0 Å². The van der Waals surface area contributed by atoms with Crippen molar-refractivity contribution in [1.82, 2.24) is 0 Å². The summed E-state index contributed by atoms with van der Waals surface area (Å²) >= 11 is 0. The molecule has 0 bridgehead atoms. The van der Waals surface area contributed by atoms with Crippen LogP contribution in [0.2, 0.25) is 0 Å². The Morgan fingerprint density at radius 2 is 1.80 bits per heavy atom. The van der Waals surface area contributed by atoms with Gasteiger partial charge in [-0.1, -0.05) is 57.6 Å². The van der Waals surface area contributed by atoms with E-state index in [-0.39, 0.29) is 18.3 Å². The van der Waals surface area contributed by atoms with E-state index in [4.69, 9.17) is 5.11 Å². The van der Waals surface area contributed by atoms with Gasteiger partial charge in [0.05, 0.1) is 18.3 Å². The van der Waals surface area contributed by atoms with Gasteiger partial charge in [0.2, 0.25) is 0 Å². The van der Waals surface area contributed by atoms with Crippen molar-refractivity contribution in [2.24, 2.45) is 11.8 Å². The number of aliphatic hydroxyl groups excluding tert-OH is 3. The van der Waals surface area contributed by atoms with Crippen molar-refractivity contribution in [3.63, 3.8) is 0 Å². The van der Waals surface area contributed by atoms with Crippen LogP contribution in [-0.4, -0.2) is 44.7 Å². The molecule has 25 heavy (non-hydrogen) atoms. The molecule has 5 atom stereocenters. The van der Waals surface area contributed by atoms with E-state index in [1.807, 2.05) is 6.08 Å². The third kappa shape index (κ3) is 8.84. The number of aliphatic hydroxyl groups is 3. The first-order chi connectivity index (χ1) is 12.0. The highest BCUT2D eigenvalue weighted by Crippen LogP contribution is 2.37. The molecule has 4 N–H and O–H groups in total. The van der Waals surface area contributed by atoms with Crippen molar-refractivity contribution in [2.45, 2.75) is 95.9 Å². The third-order valence-electron chi connectivity index (χ3n) is 5.25. The molecule has 0 amide bonds. The van der Waals surface area contributed by atoms with E-state index < -0.39 is 24.3 Å². The summed E-state index contributed by atoms with van der Waals surface area (Å²) in [6, 6.07) is 0. The summed E-state index contributed by atoms with van der Waals surface area (Å²) in [5.41, 5.74) is 0. The zero-order valence-electron chi connectivity index (χ0n) is 15.5. The fourth-order valence-electron chi connectivity index (χ4n) is 3.74. The lowest BCUT2D eigenvalue weighted by atomic mass is 9.88. The van der Waals surface area contributed by atoms with Gasteiger partial charge in [-0.15, -0.1) is 0 Å². The average molecular weight is 357 g/mol. The van der Waals surface area contributed by atoms with E-state index in [2.05, 4.69) is 6.92 Å². The Morgan fingerprint density at radius 3 is 2.48 bits per heavy atom. The summed E-state index contributed by atoms with van der Waals surface area (Å²) in [5.74, 6) is -0.833. The minimum Gasteiger partial charge on any atom is -0.481 e. The van der Waals surface area contributed by atoms with Gasteiger partial charge >= 0.3 is 5.97 Å². The average Bonchev–Trinajstić information content (AvgIpc) is 2.82. The van der Waals surface area contributed by atoms with Crippen LogP contribution in [0.4, 0.5) is 0 Å². The van der Waals surface area contributed by atoms with E-state index in [9.17, 15) is 20.1 Å². The van der Waals surface area contributed by atoms with Gasteiger partial charge in [-0.05, 0) is 25.2 Å². The highest BCUT2D eigenvalue weighted by atomic mass is 16.4. The summed E-state index contributed by atoms with van der Waals surface area (Å²) in [6.45, 7) is 2.13. The highest BCUT2D eigenvalue weighted by molar-refractivity contribution is 5.66. The SMILES string of the molecule is CCCCC[C@H](O)/C=C\[C@H]1[C@H](CCCCCCC(=O)O)[C@@H](O)C[C@H]1O. The number of carboxylic acids is 1. The highest BCUT2D eigenvalue weighted by Gasteiger charge is 2.39. The quantitative estimate of drug-likeness (QED) is 0.300. The fourth-order valence-corrected chi connectivity index (χ4v) is 3.74. The van der Waals surface area contributed by atoms with Gasteiger partial charge in [-0.3, -0.25) is 4.79 Å². The lowest BCUT2D eigenvalue weighted by molar-refractivity contribution is -0.137. The maximum absolute atomic E-state index is 10.5. The monoisotopic (exact) mass is 356 g/mol. The molecule has 0 heterocycles. The molecule has 0 aromatic heterocycles. The van der Waals surface area contributed by atoms with Gasteiger partial charge in [-0.25, -0.2) is 0 Å². The Kier molecular flexibility index (Phi) is 11.0. The number of carboxylic acid groups (broad SMARTS) is 1. The first-order valence-corrected chi connectivity index (χ1v) is 9.90. The normalized spacial score (nSPS) is 27.8. The van der Waals surface area contributed by atoms with Crippen LogP contribution in [0.3, 0.4) is 0 Å². The van der Waals surface area contributed by atoms with Crippen molar-refractivity contribution in [2.75, 3.05) is 0 Å². The molecule has 0 aromatic carbocycles. The number of carbonyl (C=O) groups is 1. The van der Waals surface area contributed by atoms with Crippen molar-refractivity contribution in [3.05, 3.63) is 12.2 Å². The minimum absolute atomic E-state index is 0.0218. The first-order valence-electron chi connectivity index (χ1n) is 9.90. The van der Waals surface area contributed by atoms with Crippen LogP contribution in [0.25, 0.3) is 0 Å². The molecule has 1 fully saturated rings. The molecule has 0 aliphatic heterocycles. The molecule has 0 radical (unpaired) electrons. The molecule has 1 aliphatic rings. The van der Waals surface area contributed by atoms with E-state index in [0.29, 0.717) is 12.8 Å². The molecular formula is C20H36O5. The van der Waals surface area contributed by atoms with E-state index in [0.717, 1.165) is 51.4 Å². The maximum atomic E-state index is 10.5. The summed E-state index contributed by atoms with van der Waals surface area (Å²) in [4.78, 5) is 10.5. The van der Waals surface area contributed by atoms with Crippen LogP contribution >= 0.6 is 0 Å². The molecule has 0 aromatic rings. The molecule has 0 spiro atoms. The van der Waals surface area contributed by atoms with Gasteiger partial charge in [0.15, 0.2) is 0 Å². The zero-order valence-corrected chi connectivity index (χ0v) is 15.5. The summed E-state index contributed by atoms with van der Waals surface area (Å²) in [6.07, 6.45) is 11.0. The van der Waals surface area contributed by atoms with Crippen LogP contribution in [0.5, 0.6) is 0 Å². The zero-order chi connectivity index (χ0) is 18.7. The van der Waals surface area contributed by atoms with Gasteiger partial charge in [0.1, 0.15) is 0 Å². The van der Waals surface area contributed by atoms with Gasteiger partial charge < -0.3 is 20.4 Å². The molecule has 1 aliphatic carbocycles. The van der Waals surface area contributed by atoms with Crippen LogP contribution in [0, 0.1) is 11.8 Å². The maximum Gasteiger partial charge on any atom is 0.303 e. The predicted molar refractivity (Wildman–Crippen MR) is 98.2 cm³/mol. The van der Waals surface area contributed by atoms with Crippen LogP contribution in [-0.2, 0) is 4.79 Å². The Labute approximate surface area is 151 Å². The summed E-state index contributed by atoms with van der Waals surface area (Å²) in [5, 5.41) is 39.0. The standard InChI is InChI=1S/C20H36O5/c1-2-3-6-9-15(21)12-13-17-16(18(22)14-19(17)23)10-7-4-5-8-11-20(24)25/h12-13,15-19,21-23H,2-11,14H2,1H3,(H,24,25)/b13-12-/t15-,16-,17-,18-,19+/m0/s1. The summed E-state index contributed by atoms with van der Waals surface area (Å²) in [7, 11) is 0. The van der Waals surface area contributed by atoms with Crippen molar-refractivity contribution in [1.29, 1.82) is 0 Å². The molecule has 0 unspecified atom stereocenters. The molecule has 0 saturated heterocycles. The summed E-state index contributed by atoms with van der Waals surface area (Å²) < 4.78 is 0. The van der Waals surface area contributed by atoms with Crippen molar-refractivity contribution in [3.8, 4) is 0 Å². The second kappa shape index (κ2) is 12.4. The lowest BCUT2D eigenvalue weighted by Crippen LogP contribution is -2.21. The second-order valence-electron chi connectivity index (χ2n) is 7.41. The molecule has 1 saturated carbocycles. The number of aliphatic carboxylic acids is 1. The Balaban J connectivity index is 2.38. The number of rotatable bonds is 13. The Bertz CT molecular complexity index is 396. The Morgan fingerprint density at radius 1 is 1.08 bits per heavy atom. The largest absolute Gasteiger partial charge is 0.481 e. The van der Waals surface area contributed by atoms with E-state index >= 15 is 0 Å². The molecule has 1 rings (SSSR count). The lowest BCUT2D eigenvalue weighted by Gasteiger charge is -2.21. The van der Waals surface area contributed by atoms with Crippen LogP contribution < -0.4 is 0 Å². The predicted octanol–water partition coefficient (Wildman–Crippen LogP) is 3.27. The van der Waals surface area contributed by atoms with Crippen molar-refractivity contribution >= 4 is 5.97 Å². The van der Waals surface area contributed by atoms with Gasteiger partial charge in [0, 0.05) is 18.8 Å². The molecular weight excluding hydrogens is 320 g/mol. The number of hydrogen-bond acceptors (Lipinski definition) is 4. The van der Waals surface area contributed by atoms with Gasteiger partial charge in [-0.2, -0.15) is 0 Å². The smallest absolute Gasteiger partial charge is 0.303 e. The number of hydrogen-bond donors (Lipinski definition) is 4. The molecule has 5 nitrogen and oxygen atoms in total. The Hall–Kier alpha value is -0.910. The molecule has 5 heteroatoms. The second-order valence-corrected chi connectivity index (χ2v) is 7.41. The van der Waals surface area contributed by atoms with Crippen molar-refractivity contribution < 1.29 is 25.2 Å².